The van der Waals surface area contributed by atoms with Gasteiger partial charge in [-0.15, -0.1) is 11.3 Å². The van der Waals surface area contributed by atoms with Gasteiger partial charge in [-0.3, -0.25) is 9.69 Å². The molecule has 23 heavy (non-hydrogen) atoms. The zero-order chi connectivity index (χ0) is 16.2. The van der Waals surface area contributed by atoms with Gasteiger partial charge in [0, 0.05) is 6.54 Å². The number of rotatable bonds is 5. The lowest BCUT2D eigenvalue weighted by atomic mass is 10.1. The van der Waals surface area contributed by atoms with Crippen molar-refractivity contribution in [3.8, 4) is 0 Å². The van der Waals surface area contributed by atoms with Gasteiger partial charge in [-0.05, 0) is 50.9 Å². The van der Waals surface area contributed by atoms with Gasteiger partial charge in [0.15, 0.2) is 0 Å². The van der Waals surface area contributed by atoms with Crippen LogP contribution >= 0.6 is 11.3 Å². The highest BCUT2D eigenvalue weighted by Crippen LogP contribution is 2.21. The van der Waals surface area contributed by atoms with E-state index in [0.29, 0.717) is 6.54 Å². The first-order chi connectivity index (χ1) is 11.1. The van der Waals surface area contributed by atoms with Crippen LogP contribution in [0.2, 0.25) is 0 Å². The SMILES string of the molecule is Cc1ccccc1CNC(=O)c1sc(CN2CCCC2)nc1C. The highest BCUT2D eigenvalue weighted by Gasteiger charge is 2.18. The molecule has 1 aromatic heterocycles. The fourth-order valence-electron chi connectivity index (χ4n) is 2.93. The number of aryl methyl sites for hydroxylation is 2. The van der Waals surface area contributed by atoms with Gasteiger partial charge in [-0.25, -0.2) is 4.98 Å². The Morgan fingerprint density at radius 3 is 2.74 bits per heavy atom. The van der Waals surface area contributed by atoms with Crippen molar-refractivity contribution in [3.63, 3.8) is 0 Å². The van der Waals surface area contributed by atoms with Crippen LogP contribution in [0.25, 0.3) is 0 Å². The molecule has 0 spiro atoms. The summed E-state index contributed by atoms with van der Waals surface area (Å²) in [5.74, 6) is -0.0177. The van der Waals surface area contributed by atoms with E-state index in [1.807, 2.05) is 25.1 Å². The van der Waals surface area contributed by atoms with Gasteiger partial charge in [0.05, 0.1) is 12.2 Å². The maximum Gasteiger partial charge on any atom is 0.263 e. The number of hydrogen-bond donors (Lipinski definition) is 1. The monoisotopic (exact) mass is 329 g/mol. The highest BCUT2D eigenvalue weighted by atomic mass is 32.1. The first-order valence-corrected chi connectivity index (χ1v) is 8.96. The molecule has 4 nitrogen and oxygen atoms in total. The van der Waals surface area contributed by atoms with Gasteiger partial charge in [0.25, 0.3) is 5.91 Å². The smallest absolute Gasteiger partial charge is 0.263 e. The summed E-state index contributed by atoms with van der Waals surface area (Å²) in [7, 11) is 0. The quantitative estimate of drug-likeness (QED) is 0.915. The van der Waals surface area contributed by atoms with Crippen LogP contribution in [0.1, 0.15) is 44.3 Å². The average Bonchev–Trinajstić information content (AvgIpc) is 3.16. The van der Waals surface area contributed by atoms with Gasteiger partial charge in [-0.1, -0.05) is 24.3 Å². The number of likely N-dealkylation sites (tertiary alicyclic amines) is 1. The number of carbonyl (C=O) groups excluding carboxylic acids is 1. The van der Waals surface area contributed by atoms with Crippen LogP contribution in [0.5, 0.6) is 0 Å². The third-order valence-electron chi connectivity index (χ3n) is 4.31. The molecule has 1 fully saturated rings. The fourth-order valence-corrected chi connectivity index (χ4v) is 3.95. The van der Waals surface area contributed by atoms with E-state index in [9.17, 15) is 4.79 Å². The minimum absolute atomic E-state index is 0.0177. The van der Waals surface area contributed by atoms with E-state index in [-0.39, 0.29) is 5.91 Å². The van der Waals surface area contributed by atoms with Crippen molar-refractivity contribution >= 4 is 17.2 Å². The van der Waals surface area contributed by atoms with Crippen LogP contribution in [0.15, 0.2) is 24.3 Å². The summed E-state index contributed by atoms with van der Waals surface area (Å²) in [6.45, 7) is 7.71. The molecule has 1 saturated heterocycles. The summed E-state index contributed by atoms with van der Waals surface area (Å²) in [5, 5.41) is 4.07. The summed E-state index contributed by atoms with van der Waals surface area (Å²) in [6.07, 6.45) is 2.54. The van der Waals surface area contributed by atoms with E-state index in [0.717, 1.165) is 40.8 Å². The lowest BCUT2D eigenvalue weighted by Crippen LogP contribution is -2.23. The number of aromatic nitrogens is 1. The minimum Gasteiger partial charge on any atom is -0.347 e. The standard InChI is InChI=1S/C18H23N3OS/c1-13-7-3-4-8-15(13)11-19-18(22)17-14(2)20-16(23-17)12-21-9-5-6-10-21/h3-4,7-8H,5-6,9-12H2,1-2H3,(H,19,22). The van der Waals surface area contributed by atoms with Crippen LogP contribution in [-0.2, 0) is 13.1 Å². The highest BCUT2D eigenvalue weighted by molar-refractivity contribution is 7.13. The second-order valence-electron chi connectivity index (χ2n) is 6.11. The Kier molecular flexibility index (Phi) is 5.08. The van der Waals surface area contributed by atoms with Crippen LogP contribution in [0.4, 0.5) is 0 Å². The van der Waals surface area contributed by atoms with E-state index >= 15 is 0 Å². The molecular formula is C18H23N3OS. The van der Waals surface area contributed by atoms with Gasteiger partial charge in [-0.2, -0.15) is 0 Å². The van der Waals surface area contributed by atoms with Gasteiger partial charge in [0.1, 0.15) is 9.88 Å². The molecule has 1 N–H and O–H groups in total. The second-order valence-corrected chi connectivity index (χ2v) is 7.20. The number of hydrogen-bond acceptors (Lipinski definition) is 4. The molecule has 1 aliphatic rings. The molecule has 0 aliphatic carbocycles. The first kappa shape index (κ1) is 16.1. The Morgan fingerprint density at radius 1 is 1.26 bits per heavy atom. The third-order valence-corrected chi connectivity index (χ3v) is 5.45. The van der Waals surface area contributed by atoms with Crippen LogP contribution < -0.4 is 5.32 Å². The topological polar surface area (TPSA) is 45.2 Å². The van der Waals surface area contributed by atoms with Crippen molar-refractivity contribution < 1.29 is 4.79 Å². The zero-order valence-electron chi connectivity index (χ0n) is 13.8. The maximum absolute atomic E-state index is 12.4. The first-order valence-electron chi connectivity index (χ1n) is 8.15. The van der Waals surface area contributed by atoms with Crippen LogP contribution in [-0.4, -0.2) is 28.9 Å². The van der Waals surface area contributed by atoms with Crippen molar-refractivity contribution in [3.05, 3.63) is 51.0 Å². The molecule has 1 aliphatic heterocycles. The number of nitrogens with zero attached hydrogens (tertiary/aromatic N) is 2. The lowest BCUT2D eigenvalue weighted by Gasteiger charge is -2.11. The summed E-state index contributed by atoms with van der Waals surface area (Å²) < 4.78 is 0. The van der Waals surface area contributed by atoms with Crippen molar-refractivity contribution in [2.45, 2.75) is 39.8 Å². The normalized spacial score (nSPS) is 15.0. The molecule has 0 atom stereocenters. The molecular weight excluding hydrogens is 306 g/mol. The van der Waals surface area contributed by atoms with Crippen LogP contribution in [0.3, 0.4) is 0 Å². The molecule has 1 amide bonds. The van der Waals surface area contributed by atoms with Crippen molar-refractivity contribution in [2.24, 2.45) is 0 Å². The van der Waals surface area contributed by atoms with Crippen molar-refractivity contribution in [1.29, 1.82) is 0 Å². The fraction of sp³-hybridized carbons (Fsp3) is 0.444. The maximum atomic E-state index is 12.4. The molecule has 0 radical (unpaired) electrons. The van der Waals surface area contributed by atoms with Crippen molar-refractivity contribution in [2.75, 3.05) is 13.1 Å². The Hall–Kier alpha value is -1.72. The van der Waals surface area contributed by atoms with E-state index in [4.69, 9.17) is 0 Å². The Bertz CT molecular complexity index is 689. The minimum atomic E-state index is -0.0177. The third kappa shape index (κ3) is 3.98. The van der Waals surface area contributed by atoms with Gasteiger partial charge in [0.2, 0.25) is 0 Å². The van der Waals surface area contributed by atoms with Crippen LogP contribution in [0, 0.1) is 13.8 Å². The molecule has 2 aromatic rings. The van der Waals surface area contributed by atoms with Crippen molar-refractivity contribution in [1.82, 2.24) is 15.2 Å². The summed E-state index contributed by atoms with van der Waals surface area (Å²) in [5.41, 5.74) is 3.19. The second kappa shape index (κ2) is 7.23. The summed E-state index contributed by atoms with van der Waals surface area (Å²) in [4.78, 5) is 20.2. The number of nitrogens with one attached hydrogen (secondary N) is 1. The molecule has 2 heterocycles. The molecule has 3 rings (SSSR count). The molecule has 1 aromatic carbocycles. The van der Waals surface area contributed by atoms with E-state index in [1.165, 1.54) is 29.7 Å². The molecule has 0 bridgehead atoms. The Balaban J connectivity index is 1.62. The lowest BCUT2D eigenvalue weighted by molar-refractivity contribution is 0.0954. The van der Waals surface area contributed by atoms with Gasteiger partial charge < -0.3 is 5.32 Å². The Labute approximate surface area is 141 Å². The van der Waals surface area contributed by atoms with E-state index in [2.05, 4.69) is 28.2 Å². The van der Waals surface area contributed by atoms with Gasteiger partial charge >= 0.3 is 0 Å². The predicted molar refractivity (Wildman–Crippen MR) is 93.7 cm³/mol. The van der Waals surface area contributed by atoms with E-state index in [1.54, 1.807) is 0 Å². The zero-order valence-corrected chi connectivity index (χ0v) is 14.6. The Morgan fingerprint density at radius 2 is 2.00 bits per heavy atom. The number of benzene rings is 1. The largest absolute Gasteiger partial charge is 0.347 e. The number of amides is 1. The number of carbonyl (C=O) groups is 1. The molecule has 5 heteroatoms. The molecule has 122 valence electrons. The summed E-state index contributed by atoms with van der Waals surface area (Å²) in [6, 6.07) is 8.13. The summed E-state index contributed by atoms with van der Waals surface area (Å²) >= 11 is 1.53. The number of thiazole rings is 1. The average molecular weight is 329 g/mol. The van der Waals surface area contributed by atoms with E-state index < -0.39 is 0 Å². The molecule has 0 unspecified atom stereocenters. The predicted octanol–water partition coefficient (Wildman–Crippen LogP) is 3.29. The molecule has 0 saturated carbocycles.